The maximum absolute atomic E-state index is 12.1. The minimum Gasteiger partial charge on any atom is -0.294 e. The van der Waals surface area contributed by atoms with Crippen LogP contribution < -0.4 is 10.9 Å². The molecule has 29 heavy (non-hydrogen) atoms. The van der Waals surface area contributed by atoms with Crippen LogP contribution in [0, 0.1) is 20.8 Å². The van der Waals surface area contributed by atoms with E-state index >= 15 is 0 Å². The summed E-state index contributed by atoms with van der Waals surface area (Å²) in [6, 6.07) is 7.37. The lowest BCUT2D eigenvalue weighted by Gasteiger charge is -2.10. The quantitative estimate of drug-likeness (QED) is 0.384. The molecule has 0 aliphatic heterocycles. The standard InChI is InChI=1S/C20H19N7OS/c1-11-7-12(2)17-15(8-11)13(3)23-18(26-17)27-19-24-14(9-16(28)25-19)10-29-20-21-5-4-6-22-20/h4-9H,10H2,1-3H3,(H2,23,24,25,26,27,28). The number of aromatic amines is 1. The maximum atomic E-state index is 12.1. The molecule has 4 aromatic rings. The van der Waals surface area contributed by atoms with Crippen LogP contribution in [0.25, 0.3) is 10.9 Å². The smallest absolute Gasteiger partial charge is 0.252 e. The Bertz CT molecular complexity index is 1240. The van der Waals surface area contributed by atoms with Crippen molar-refractivity contribution in [3.05, 3.63) is 69.5 Å². The summed E-state index contributed by atoms with van der Waals surface area (Å²) in [4.78, 5) is 36.7. The Morgan fingerprint density at radius 3 is 2.62 bits per heavy atom. The van der Waals surface area contributed by atoms with Gasteiger partial charge in [0.25, 0.3) is 5.56 Å². The van der Waals surface area contributed by atoms with Gasteiger partial charge < -0.3 is 0 Å². The minimum atomic E-state index is -0.253. The van der Waals surface area contributed by atoms with Crippen LogP contribution in [0.5, 0.6) is 0 Å². The number of hydrogen-bond donors (Lipinski definition) is 2. The third kappa shape index (κ3) is 4.40. The molecule has 8 nitrogen and oxygen atoms in total. The van der Waals surface area contributed by atoms with Gasteiger partial charge in [-0.25, -0.2) is 24.9 Å². The van der Waals surface area contributed by atoms with Crippen molar-refractivity contribution < 1.29 is 0 Å². The lowest BCUT2D eigenvalue weighted by Crippen LogP contribution is -2.13. The molecule has 3 heterocycles. The highest BCUT2D eigenvalue weighted by atomic mass is 32.2. The van der Waals surface area contributed by atoms with Gasteiger partial charge in [0, 0.05) is 29.6 Å². The van der Waals surface area contributed by atoms with Crippen molar-refractivity contribution in [2.75, 3.05) is 5.32 Å². The topological polar surface area (TPSA) is 109 Å². The molecule has 0 saturated heterocycles. The zero-order valence-electron chi connectivity index (χ0n) is 16.2. The van der Waals surface area contributed by atoms with Crippen molar-refractivity contribution >= 4 is 34.6 Å². The van der Waals surface area contributed by atoms with Gasteiger partial charge in [-0.15, -0.1) is 0 Å². The van der Waals surface area contributed by atoms with Gasteiger partial charge in [-0.05, 0) is 38.5 Å². The van der Waals surface area contributed by atoms with Crippen molar-refractivity contribution in [2.24, 2.45) is 0 Å². The first-order chi connectivity index (χ1) is 14.0. The van der Waals surface area contributed by atoms with E-state index < -0.39 is 0 Å². The van der Waals surface area contributed by atoms with E-state index in [1.165, 1.54) is 23.4 Å². The second-order valence-electron chi connectivity index (χ2n) is 6.64. The van der Waals surface area contributed by atoms with E-state index in [1.54, 1.807) is 18.5 Å². The van der Waals surface area contributed by atoms with Crippen LogP contribution >= 0.6 is 11.8 Å². The number of nitrogens with zero attached hydrogens (tertiary/aromatic N) is 5. The second kappa shape index (κ2) is 7.96. The third-order valence-corrected chi connectivity index (χ3v) is 5.15. The average molecular weight is 405 g/mol. The normalized spacial score (nSPS) is 11.0. The van der Waals surface area contributed by atoms with Crippen LogP contribution in [-0.4, -0.2) is 29.9 Å². The number of thioether (sulfide) groups is 1. The highest BCUT2D eigenvalue weighted by Crippen LogP contribution is 2.23. The summed E-state index contributed by atoms with van der Waals surface area (Å²) in [6.07, 6.45) is 3.35. The molecular formula is C20H19N7OS. The van der Waals surface area contributed by atoms with E-state index in [9.17, 15) is 4.79 Å². The van der Waals surface area contributed by atoms with Gasteiger partial charge in [0.1, 0.15) is 0 Å². The molecule has 0 aliphatic rings. The average Bonchev–Trinajstić information content (AvgIpc) is 2.68. The third-order valence-electron chi connectivity index (χ3n) is 4.24. The van der Waals surface area contributed by atoms with E-state index in [2.05, 4.69) is 54.3 Å². The number of nitrogens with one attached hydrogen (secondary N) is 2. The van der Waals surface area contributed by atoms with E-state index in [4.69, 9.17) is 0 Å². The van der Waals surface area contributed by atoms with Gasteiger partial charge in [0.15, 0.2) is 5.16 Å². The summed E-state index contributed by atoms with van der Waals surface area (Å²) < 4.78 is 0. The highest BCUT2D eigenvalue weighted by Gasteiger charge is 2.10. The SMILES string of the molecule is Cc1cc(C)c2nc(Nc3nc(CSc4ncccn4)cc(=O)[nH]3)nc(C)c2c1. The summed E-state index contributed by atoms with van der Waals surface area (Å²) in [5.41, 5.74) is 4.33. The summed E-state index contributed by atoms with van der Waals surface area (Å²) in [5.74, 6) is 1.16. The molecule has 4 rings (SSSR count). The fourth-order valence-electron chi connectivity index (χ4n) is 3.04. The number of benzene rings is 1. The molecule has 0 fully saturated rings. The molecule has 0 aliphatic carbocycles. The summed E-state index contributed by atoms with van der Waals surface area (Å²) in [7, 11) is 0. The predicted octanol–water partition coefficient (Wildman–Crippen LogP) is 3.46. The lowest BCUT2D eigenvalue weighted by atomic mass is 10.1. The molecule has 1 aromatic carbocycles. The Hall–Kier alpha value is -3.33. The van der Waals surface area contributed by atoms with Crippen LogP contribution in [0.2, 0.25) is 0 Å². The van der Waals surface area contributed by atoms with Crippen LogP contribution in [0.3, 0.4) is 0 Å². The number of hydrogen-bond acceptors (Lipinski definition) is 8. The van der Waals surface area contributed by atoms with Crippen molar-refractivity contribution in [3.8, 4) is 0 Å². The number of anilines is 2. The fraction of sp³-hybridized carbons (Fsp3) is 0.200. The van der Waals surface area contributed by atoms with E-state index in [1.807, 2.05) is 13.8 Å². The summed E-state index contributed by atoms with van der Waals surface area (Å²) in [6.45, 7) is 6.02. The van der Waals surface area contributed by atoms with E-state index in [0.29, 0.717) is 28.5 Å². The van der Waals surface area contributed by atoms with Crippen molar-refractivity contribution in [2.45, 2.75) is 31.7 Å². The van der Waals surface area contributed by atoms with E-state index in [-0.39, 0.29) is 5.56 Å². The van der Waals surface area contributed by atoms with Gasteiger partial charge in [0.05, 0.1) is 16.9 Å². The van der Waals surface area contributed by atoms with Crippen LogP contribution in [0.15, 0.2) is 46.6 Å². The Kier molecular flexibility index (Phi) is 5.22. The predicted molar refractivity (Wildman–Crippen MR) is 113 cm³/mol. The molecule has 0 amide bonds. The van der Waals surface area contributed by atoms with E-state index in [0.717, 1.165) is 22.2 Å². The lowest BCUT2D eigenvalue weighted by molar-refractivity contribution is 0.962. The first-order valence-corrected chi connectivity index (χ1v) is 9.99. The molecule has 0 spiro atoms. The molecule has 146 valence electrons. The van der Waals surface area contributed by atoms with Crippen molar-refractivity contribution in [1.29, 1.82) is 0 Å². The van der Waals surface area contributed by atoms with Crippen LogP contribution in [0.1, 0.15) is 22.5 Å². The number of fused-ring (bicyclic) bond motifs is 1. The zero-order chi connectivity index (χ0) is 20.4. The molecule has 0 radical (unpaired) electrons. The van der Waals surface area contributed by atoms with Crippen molar-refractivity contribution in [3.63, 3.8) is 0 Å². The van der Waals surface area contributed by atoms with Crippen LogP contribution in [-0.2, 0) is 5.75 Å². The Labute approximate surface area is 171 Å². The monoisotopic (exact) mass is 405 g/mol. The van der Waals surface area contributed by atoms with Gasteiger partial charge in [-0.1, -0.05) is 23.4 Å². The largest absolute Gasteiger partial charge is 0.294 e. The molecule has 0 atom stereocenters. The summed E-state index contributed by atoms with van der Waals surface area (Å²) in [5, 5.41) is 4.67. The number of rotatable bonds is 5. The zero-order valence-corrected chi connectivity index (χ0v) is 17.0. The summed E-state index contributed by atoms with van der Waals surface area (Å²) >= 11 is 1.41. The molecule has 3 aromatic heterocycles. The molecule has 2 N–H and O–H groups in total. The fourth-order valence-corrected chi connectivity index (χ4v) is 3.73. The van der Waals surface area contributed by atoms with Gasteiger partial charge >= 0.3 is 0 Å². The second-order valence-corrected chi connectivity index (χ2v) is 7.58. The molecule has 0 bridgehead atoms. The maximum Gasteiger partial charge on any atom is 0.252 e. The number of aryl methyl sites for hydroxylation is 3. The Balaban J connectivity index is 1.61. The number of H-pyrrole nitrogens is 1. The number of aromatic nitrogens is 6. The molecule has 0 saturated carbocycles. The highest BCUT2D eigenvalue weighted by molar-refractivity contribution is 7.98. The van der Waals surface area contributed by atoms with Gasteiger partial charge in [0.2, 0.25) is 11.9 Å². The Morgan fingerprint density at radius 2 is 1.83 bits per heavy atom. The first kappa shape index (κ1) is 19.0. The van der Waals surface area contributed by atoms with Crippen LogP contribution in [0.4, 0.5) is 11.9 Å². The minimum absolute atomic E-state index is 0.253. The van der Waals surface area contributed by atoms with Gasteiger partial charge in [-0.2, -0.15) is 0 Å². The Morgan fingerprint density at radius 1 is 1.03 bits per heavy atom. The van der Waals surface area contributed by atoms with Gasteiger partial charge in [-0.3, -0.25) is 15.1 Å². The first-order valence-electron chi connectivity index (χ1n) is 9.00. The van der Waals surface area contributed by atoms with Crippen molar-refractivity contribution in [1.82, 2.24) is 29.9 Å². The molecule has 0 unspecified atom stereocenters. The molecule has 9 heteroatoms. The molecular weight excluding hydrogens is 386 g/mol.